The van der Waals surface area contributed by atoms with Crippen molar-refractivity contribution in [3.05, 3.63) is 0 Å². The molecule has 22 nitrogen and oxygen atoms in total. The Kier molecular flexibility index (Phi) is 14.2. The minimum Gasteiger partial charge on any atom is -0.477 e. The summed E-state index contributed by atoms with van der Waals surface area (Å²) in [7, 11) is 0. The molecular weight excluding hydrogens is 670 g/mol. The van der Waals surface area contributed by atoms with E-state index in [-0.39, 0.29) is 0 Å². The van der Waals surface area contributed by atoms with E-state index in [0.29, 0.717) is 0 Å². The van der Waals surface area contributed by atoms with E-state index in [1.807, 2.05) is 0 Å². The molecule has 0 bridgehead atoms. The van der Waals surface area contributed by atoms with Crippen molar-refractivity contribution < 1.29 is 93.9 Å². The Balaban J connectivity index is 1.91. The van der Waals surface area contributed by atoms with Gasteiger partial charge in [-0.15, -0.1) is 0 Å². The van der Waals surface area contributed by atoms with Gasteiger partial charge in [0, 0.05) is 27.2 Å². The maximum atomic E-state index is 12.5. The molecule has 3 amide bonds. The molecule has 3 saturated heterocycles. The topological polar surface area (TPSA) is 353 Å². The van der Waals surface area contributed by atoms with E-state index in [2.05, 4.69) is 16.0 Å². The molecule has 282 valence electrons. The van der Waals surface area contributed by atoms with Crippen molar-refractivity contribution in [3.8, 4) is 0 Å². The summed E-state index contributed by atoms with van der Waals surface area (Å²) in [6.45, 7) is 0.350. The van der Waals surface area contributed by atoms with Crippen LogP contribution >= 0.6 is 0 Å². The molecule has 3 rings (SSSR count). The lowest BCUT2D eigenvalue weighted by atomic mass is 9.88. The predicted molar refractivity (Wildman–Crippen MR) is 153 cm³/mol. The Labute approximate surface area is 278 Å². The van der Waals surface area contributed by atoms with E-state index >= 15 is 0 Å². The first-order valence-electron chi connectivity index (χ1n) is 15.2. The highest BCUT2D eigenvalue weighted by Crippen LogP contribution is 2.35. The van der Waals surface area contributed by atoms with E-state index in [0.717, 1.165) is 20.8 Å². The molecule has 0 unspecified atom stereocenters. The molecule has 0 aromatic carbocycles. The van der Waals surface area contributed by atoms with Gasteiger partial charge in [0.2, 0.25) is 17.7 Å². The van der Waals surface area contributed by atoms with Crippen LogP contribution in [0.15, 0.2) is 0 Å². The number of carbonyl (C=O) groups excluding carboxylic acids is 3. The second-order valence-electron chi connectivity index (χ2n) is 12.0. The van der Waals surface area contributed by atoms with Crippen LogP contribution in [-0.2, 0) is 42.9 Å². The zero-order valence-corrected chi connectivity index (χ0v) is 26.6. The largest absolute Gasteiger partial charge is 0.477 e. The van der Waals surface area contributed by atoms with Crippen LogP contribution in [0, 0.1) is 0 Å². The fourth-order valence-electron chi connectivity index (χ4n) is 5.86. The average Bonchev–Trinajstić information content (AvgIpc) is 3.02. The lowest BCUT2D eigenvalue weighted by molar-refractivity contribution is -0.345. The van der Waals surface area contributed by atoms with E-state index in [9.17, 15) is 70.2 Å². The zero-order chi connectivity index (χ0) is 37.0. The summed E-state index contributed by atoms with van der Waals surface area (Å²) >= 11 is 0. The van der Waals surface area contributed by atoms with Gasteiger partial charge in [-0.2, -0.15) is 0 Å². The smallest absolute Gasteiger partial charge is 0.364 e. The van der Waals surface area contributed by atoms with Crippen molar-refractivity contribution in [2.45, 2.75) is 125 Å². The summed E-state index contributed by atoms with van der Waals surface area (Å²) in [5.41, 5.74) is 0. The van der Waals surface area contributed by atoms with Gasteiger partial charge < -0.3 is 90.7 Å². The number of ether oxygens (including phenoxy) is 5. The quantitative estimate of drug-likeness (QED) is 0.0842. The molecule has 3 fully saturated rings. The molecule has 3 aliphatic heterocycles. The summed E-state index contributed by atoms with van der Waals surface area (Å²) in [6, 6.07) is -4.56. The fourth-order valence-corrected chi connectivity index (χ4v) is 5.86. The van der Waals surface area contributed by atoms with E-state index in [1.165, 1.54) is 0 Å². The molecule has 0 aromatic heterocycles. The number of carboxylic acid groups (broad SMARTS) is 1. The molecule has 16 atom stereocenters. The van der Waals surface area contributed by atoms with Gasteiger partial charge in [0.05, 0.1) is 32.0 Å². The fraction of sp³-hybridized carbons (Fsp3) is 0.852. The van der Waals surface area contributed by atoms with Gasteiger partial charge in [-0.1, -0.05) is 0 Å². The van der Waals surface area contributed by atoms with Gasteiger partial charge in [-0.3, -0.25) is 14.4 Å². The lowest BCUT2D eigenvalue weighted by Gasteiger charge is -2.49. The van der Waals surface area contributed by atoms with Crippen molar-refractivity contribution in [3.63, 3.8) is 0 Å². The Morgan fingerprint density at radius 1 is 0.816 bits per heavy atom. The normalized spacial score (nSPS) is 40.9. The number of rotatable bonds is 13. The van der Waals surface area contributed by atoms with Crippen molar-refractivity contribution >= 4 is 23.7 Å². The number of hydrogen-bond acceptors (Lipinski definition) is 18. The Hall–Kier alpha value is -2.68. The maximum absolute atomic E-state index is 12.5. The first kappa shape index (κ1) is 40.7. The highest BCUT2D eigenvalue weighted by atomic mass is 16.7. The monoisotopic (exact) mass is 715 g/mol. The molecule has 0 radical (unpaired) electrons. The van der Waals surface area contributed by atoms with E-state index in [1.54, 1.807) is 0 Å². The molecule has 0 aromatic rings. The number of aliphatic carboxylic acids is 1. The molecule has 3 heterocycles. The number of carboxylic acids is 1. The number of carbonyl (C=O) groups is 4. The Bertz CT molecular complexity index is 1170. The molecule has 0 spiro atoms. The maximum Gasteiger partial charge on any atom is 0.364 e. The third kappa shape index (κ3) is 9.36. The van der Waals surface area contributed by atoms with Crippen molar-refractivity contribution in [1.29, 1.82) is 0 Å². The Morgan fingerprint density at radius 3 is 1.92 bits per heavy atom. The number of nitrogens with one attached hydrogen (secondary N) is 3. The molecule has 0 saturated carbocycles. The van der Waals surface area contributed by atoms with Gasteiger partial charge in [0.25, 0.3) is 5.79 Å². The lowest BCUT2D eigenvalue weighted by Crippen LogP contribution is -2.70. The third-order valence-electron chi connectivity index (χ3n) is 8.27. The van der Waals surface area contributed by atoms with Crippen LogP contribution in [-0.4, -0.2) is 192 Å². The predicted octanol–water partition coefficient (Wildman–Crippen LogP) is -7.94. The average molecular weight is 716 g/mol. The molecule has 13 N–H and O–H groups in total. The van der Waals surface area contributed by atoms with E-state index in [4.69, 9.17) is 23.7 Å². The highest BCUT2D eigenvalue weighted by Gasteiger charge is 2.57. The van der Waals surface area contributed by atoms with E-state index < -0.39 is 147 Å². The van der Waals surface area contributed by atoms with Crippen molar-refractivity contribution in [2.24, 2.45) is 0 Å². The number of hydrogen-bond donors (Lipinski definition) is 13. The highest BCUT2D eigenvalue weighted by molar-refractivity contribution is 5.76. The summed E-state index contributed by atoms with van der Waals surface area (Å²) in [4.78, 5) is 48.0. The van der Waals surface area contributed by atoms with Crippen LogP contribution in [0.2, 0.25) is 0 Å². The molecule has 3 aliphatic rings. The SMILES string of the molecule is CC(=O)N[C@@H]1[C@@H](O)[C@H](O[C@@H]2O[C@H](CO[C@]3(C(=O)O)C[C@H](O)[C@@H](NC(C)=O)[C@H]([C@H](O)[C@H](O)CO)O3)[C@@H](O)[C@H](O)[C@H]2NC(C)=O)[C@@H](CO)O[C@H]1O. The second-order valence-corrected chi connectivity index (χ2v) is 12.0. The molecule has 49 heavy (non-hydrogen) atoms. The molecular formula is C27H45N3O19. The third-order valence-corrected chi connectivity index (χ3v) is 8.27. The number of aliphatic hydroxyl groups is 9. The minimum atomic E-state index is -2.86. The minimum absolute atomic E-state index is 0.680. The summed E-state index contributed by atoms with van der Waals surface area (Å²) in [5.74, 6) is -6.89. The molecule has 0 aliphatic carbocycles. The molecule has 22 heteroatoms. The van der Waals surface area contributed by atoms with Crippen LogP contribution in [0.5, 0.6) is 0 Å². The van der Waals surface area contributed by atoms with Gasteiger partial charge >= 0.3 is 5.97 Å². The summed E-state index contributed by atoms with van der Waals surface area (Å²) in [6.07, 6.45) is -22.7. The zero-order valence-electron chi connectivity index (χ0n) is 26.6. The standard InChI is InChI=1S/C27H45N3O19/c1-8(33)28-15-11(36)4-27(26(43)44,49-23(15)18(38)12(37)5-31)45-7-14-19(39)20(40)17(30-10(3)35)25(47-14)48-22-13(6-32)46-24(42)16(21(22)41)29-9(2)34/h11-25,31-32,36-42H,4-7H2,1-3H3,(H,28,33)(H,29,34)(H,30,35)(H,43,44)/t11-,12+,13+,14+,15+,16+,17+,18+,19+,20+,21+,22+,23+,24+,25-,27+/m0/s1. The number of amides is 3. The summed E-state index contributed by atoms with van der Waals surface area (Å²) < 4.78 is 27.9. The second kappa shape index (κ2) is 17.0. The first-order valence-corrected chi connectivity index (χ1v) is 15.2. The van der Waals surface area contributed by atoms with Crippen LogP contribution in [0.3, 0.4) is 0 Å². The van der Waals surface area contributed by atoms with Gasteiger partial charge in [0.15, 0.2) is 12.6 Å². The number of aliphatic hydroxyl groups excluding tert-OH is 9. The van der Waals surface area contributed by atoms with Crippen molar-refractivity contribution in [1.82, 2.24) is 16.0 Å². The van der Waals surface area contributed by atoms with Gasteiger partial charge in [0.1, 0.15) is 67.0 Å². The van der Waals surface area contributed by atoms with Crippen LogP contribution in [0.4, 0.5) is 0 Å². The summed E-state index contributed by atoms with van der Waals surface area (Å²) in [5, 5.41) is 111. The van der Waals surface area contributed by atoms with Crippen molar-refractivity contribution in [2.75, 3.05) is 19.8 Å². The first-order chi connectivity index (χ1) is 22.9. The van der Waals surface area contributed by atoms with Crippen LogP contribution in [0.1, 0.15) is 27.2 Å². The van der Waals surface area contributed by atoms with Crippen LogP contribution in [0.25, 0.3) is 0 Å². The van der Waals surface area contributed by atoms with Crippen LogP contribution < -0.4 is 16.0 Å². The Morgan fingerprint density at radius 2 is 1.39 bits per heavy atom. The van der Waals surface area contributed by atoms with Gasteiger partial charge in [-0.25, -0.2) is 4.79 Å². The van der Waals surface area contributed by atoms with Gasteiger partial charge in [-0.05, 0) is 0 Å².